The van der Waals surface area contributed by atoms with Gasteiger partial charge in [-0.15, -0.1) is 0 Å². The summed E-state index contributed by atoms with van der Waals surface area (Å²) in [5, 5.41) is 9.47. The Morgan fingerprint density at radius 1 is 1.38 bits per heavy atom. The summed E-state index contributed by atoms with van der Waals surface area (Å²) in [6.07, 6.45) is 0.587. The van der Waals surface area contributed by atoms with Crippen LogP contribution < -0.4 is 4.74 Å². The number of thiazole rings is 1. The van der Waals surface area contributed by atoms with Crippen LogP contribution in [0.2, 0.25) is 0 Å². The summed E-state index contributed by atoms with van der Waals surface area (Å²) in [6, 6.07) is 3.37. The second kappa shape index (κ2) is 6.65. The highest BCUT2D eigenvalue weighted by Crippen LogP contribution is 2.31. The summed E-state index contributed by atoms with van der Waals surface area (Å²) in [7, 11) is 0. The lowest BCUT2D eigenvalue weighted by molar-refractivity contribution is 0.0731. The van der Waals surface area contributed by atoms with E-state index < -0.39 is 11.6 Å². The number of benzene rings is 1. The van der Waals surface area contributed by atoms with Crippen LogP contribution in [0.5, 0.6) is 5.19 Å². The number of hydrogen-bond donors (Lipinski definition) is 2. The third-order valence-corrected chi connectivity index (χ3v) is 5.19. The van der Waals surface area contributed by atoms with Crippen LogP contribution in [-0.2, 0) is 13.0 Å². The molecule has 1 amide bonds. The van der Waals surface area contributed by atoms with Crippen LogP contribution >= 0.6 is 11.3 Å². The van der Waals surface area contributed by atoms with Gasteiger partial charge >= 0.3 is 0 Å². The maximum absolute atomic E-state index is 13.8. The second-order valence-electron chi connectivity index (χ2n) is 5.93. The zero-order valence-electron chi connectivity index (χ0n) is 13.6. The standard InChI is InChI=1S/C17H15F2N3O3S/c18-9-5-11(19)10-7-14(20-13(10)6-9)16(24)22-2-1-12-15(8-22)26-17(21-12)25-4-3-23/h5-7,20,23H,1-4,8H2. The molecule has 4 rings (SSSR count). The molecule has 2 aromatic heterocycles. The van der Waals surface area contributed by atoms with Crippen molar-refractivity contribution in [2.75, 3.05) is 19.8 Å². The Labute approximate surface area is 151 Å². The summed E-state index contributed by atoms with van der Waals surface area (Å²) in [4.78, 5) is 22.5. The molecule has 2 N–H and O–H groups in total. The molecule has 0 atom stereocenters. The first kappa shape index (κ1) is 16.9. The number of aliphatic hydroxyl groups excluding tert-OH is 1. The number of aliphatic hydroxyl groups is 1. The Bertz CT molecular complexity index is 985. The van der Waals surface area contributed by atoms with Gasteiger partial charge in [0, 0.05) is 24.4 Å². The van der Waals surface area contributed by atoms with Crippen LogP contribution in [0.1, 0.15) is 21.1 Å². The van der Waals surface area contributed by atoms with E-state index in [2.05, 4.69) is 9.97 Å². The van der Waals surface area contributed by atoms with Crippen molar-refractivity contribution >= 4 is 28.1 Å². The lowest BCUT2D eigenvalue weighted by atomic mass is 10.1. The summed E-state index contributed by atoms with van der Waals surface area (Å²) >= 11 is 1.34. The van der Waals surface area contributed by atoms with Crippen molar-refractivity contribution in [2.45, 2.75) is 13.0 Å². The molecule has 1 aliphatic rings. The zero-order chi connectivity index (χ0) is 18.3. The van der Waals surface area contributed by atoms with Gasteiger partial charge in [0.15, 0.2) is 0 Å². The number of halogens is 2. The molecule has 3 aromatic rings. The Morgan fingerprint density at radius 3 is 3.04 bits per heavy atom. The van der Waals surface area contributed by atoms with Crippen LogP contribution in [0.3, 0.4) is 0 Å². The summed E-state index contributed by atoms with van der Waals surface area (Å²) in [6.45, 7) is 0.931. The molecule has 0 fully saturated rings. The molecule has 0 aliphatic carbocycles. The number of ether oxygens (including phenoxy) is 1. The predicted octanol–water partition coefficient (Wildman–Crippen LogP) is 2.47. The third kappa shape index (κ3) is 3.04. The largest absolute Gasteiger partial charge is 0.468 e. The monoisotopic (exact) mass is 379 g/mol. The van der Waals surface area contributed by atoms with Gasteiger partial charge in [-0.3, -0.25) is 4.79 Å². The first-order valence-corrected chi connectivity index (χ1v) is 8.86. The topological polar surface area (TPSA) is 78.5 Å². The minimum absolute atomic E-state index is 0.0909. The molecule has 0 radical (unpaired) electrons. The number of hydrogen-bond acceptors (Lipinski definition) is 5. The molecule has 1 aliphatic heterocycles. The lowest BCUT2D eigenvalue weighted by Crippen LogP contribution is -2.35. The van der Waals surface area contributed by atoms with Crippen molar-refractivity contribution in [3.8, 4) is 5.19 Å². The molecule has 0 saturated carbocycles. The molecule has 0 bridgehead atoms. The van der Waals surface area contributed by atoms with Gasteiger partial charge < -0.3 is 19.7 Å². The average molecular weight is 379 g/mol. The molecule has 9 heteroatoms. The zero-order valence-corrected chi connectivity index (χ0v) is 14.4. The van der Waals surface area contributed by atoms with Crippen molar-refractivity contribution in [1.29, 1.82) is 0 Å². The molecule has 6 nitrogen and oxygen atoms in total. The van der Waals surface area contributed by atoms with E-state index in [1.165, 1.54) is 17.4 Å². The SMILES string of the molecule is O=C(c1cc2c(F)cc(F)cc2[nH]1)N1CCc2nc(OCCO)sc2C1. The number of aromatic nitrogens is 2. The first-order chi connectivity index (χ1) is 12.5. The molecule has 136 valence electrons. The Morgan fingerprint density at radius 2 is 2.23 bits per heavy atom. The fraction of sp³-hybridized carbons (Fsp3) is 0.294. The summed E-state index contributed by atoms with van der Waals surface area (Å²) < 4.78 is 32.5. The van der Waals surface area contributed by atoms with Crippen molar-refractivity contribution in [3.63, 3.8) is 0 Å². The van der Waals surface area contributed by atoms with E-state index >= 15 is 0 Å². The molecular weight excluding hydrogens is 364 g/mol. The number of H-pyrrole nitrogens is 1. The molecule has 0 saturated heterocycles. The maximum atomic E-state index is 13.8. The third-order valence-electron chi connectivity index (χ3n) is 4.20. The van der Waals surface area contributed by atoms with E-state index in [4.69, 9.17) is 9.84 Å². The highest BCUT2D eigenvalue weighted by molar-refractivity contribution is 7.13. The van der Waals surface area contributed by atoms with Crippen molar-refractivity contribution in [1.82, 2.24) is 14.9 Å². The van der Waals surface area contributed by atoms with E-state index in [1.807, 2.05) is 0 Å². The fourth-order valence-electron chi connectivity index (χ4n) is 2.99. The van der Waals surface area contributed by atoms with Gasteiger partial charge in [-0.05, 0) is 12.1 Å². The quantitative estimate of drug-likeness (QED) is 0.730. The number of fused-ring (bicyclic) bond motifs is 2. The number of carbonyl (C=O) groups excluding carboxylic acids is 1. The normalized spacial score (nSPS) is 13.9. The van der Waals surface area contributed by atoms with Crippen LogP contribution in [-0.4, -0.2) is 45.6 Å². The highest BCUT2D eigenvalue weighted by Gasteiger charge is 2.26. The molecular formula is C17H15F2N3O3S. The van der Waals surface area contributed by atoms with Gasteiger partial charge in [0.05, 0.1) is 29.2 Å². The number of nitrogens with one attached hydrogen (secondary N) is 1. The fourth-order valence-corrected chi connectivity index (χ4v) is 3.98. The number of carbonyl (C=O) groups is 1. The predicted molar refractivity (Wildman–Crippen MR) is 91.4 cm³/mol. The average Bonchev–Trinajstić information content (AvgIpc) is 3.22. The maximum Gasteiger partial charge on any atom is 0.273 e. The molecule has 26 heavy (non-hydrogen) atoms. The van der Waals surface area contributed by atoms with Gasteiger partial charge in [0.25, 0.3) is 11.1 Å². The minimum atomic E-state index is -0.704. The van der Waals surface area contributed by atoms with Gasteiger partial charge in [-0.2, -0.15) is 0 Å². The van der Waals surface area contributed by atoms with Crippen LogP contribution in [0.4, 0.5) is 8.78 Å². The Hall–Kier alpha value is -2.52. The Kier molecular flexibility index (Phi) is 4.33. The van der Waals surface area contributed by atoms with E-state index in [-0.39, 0.29) is 35.7 Å². The minimum Gasteiger partial charge on any atom is -0.468 e. The van der Waals surface area contributed by atoms with Crippen LogP contribution in [0, 0.1) is 11.6 Å². The van der Waals surface area contributed by atoms with Gasteiger partial charge in [-0.1, -0.05) is 11.3 Å². The lowest BCUT2D eigenvalue weighted by Gasteiger charge is -2.25. The first-order valence-electron chi connectivity index (χ1n) is 8.04. The molecule has 0 unspecified atom stereocenters. The van der Waals surface area contributed by atoms with Gasteiger partial charge in [-0.25, -0.2) is 13.8 Å². The van der Waals surface area contributed by atoms with Crippen LogP contribution in [0.25, 0.3) is 10.9 Å². The van der Waals surface area contributed by atoms with E-state index in [1.54, 1.807) is 4.90 Å². The van der Waals surface area contributed by atoms with Crippen molar-refractivity contribution in [2.24, 2.45) is 0 Å². The van der Waals surface area contributed by atoms with Gasteiger partial charge in [0.2, 0.25) is 0 Å². The van der Waals surface area contributed by atoms with Gasteiger partial charge in [0.1, 0.15) is 23.9 Å². The summed E-state index contributed by atoms with van der Waals surface area (Å²) in [5.41, 5.74) is 1.35. The van der Waals surface area contributed by atoms with E-state index in [0.29, 0.717) is 24.7 Å². The Balaban J connectivity index is 1.56. The molecule has 1 aromatic carbocycles. The number of aromatic amines is 1. The molecule has 0 spiro atoms. The van der Waals surface area contributed by atoms with E-state index in [9.17, 15) is 13.6 Å². The number of rotatable bonds is 4. The van der Waals surface area contributed by atoms with Crippen molar-refractivity contribution in [3.05, 3.63) is 46.1 Å². The number of nitrogens with zero attached hydrogens (tertiary/aromatic N) is 2. The highest BCUT2D eigenvalue weighted by atomic mass is 32.1. The van der Waals surface area contributed by atoms with Crippen LogP contribution in [0.15, 0.2) is 18.2 Å². The van der Waals surface area contributed by atoms with E-state index in [0.717, 1.165) is 22.7 Å². The molecule has 3 heterocycles. The second-order valence-corrected chi connectivity index (χ2v) is 6.98. The van der Waals surface area contributed by atoms with Crippen molar-refractivity contribution < 1.29 is 23.4 Å². The summed E-state index contributed by atoms with van der Waals surface area (Å²) in [5.74, 6) is -1.68. The smallest absolute Gasteiger partial charge is 0.273 e. The number of amides is 1.